The maximum atomic E-state index is 12.6. The predicted octanol–water partition coefficient (Wildman–Crippen LogP) is 3.32. The van der Waals surface area contributed by atoms with Crippen molar-refractivity contribution in [1.82, 2.24) is 9.97 Å². The smallest absolute Gasteiger partial charge is 0.451 e. The van der Waals surface area contributed by atoms with Crippen LogP contribution in [0.2, 0.25) is 5.15 Å². The summed E-state index contributed by atoms with van der Waals surface area (Å²) in [5.41, 5.74) is 0.00326. The normalized spacial score (nSPS) is 11.7. The van der Waals surface area contributed by atoms with E-state index in [2.05, 4.69) is 9.97 Å². The van der Waals surface area contributed by atoms with Crippen molar-refractivity contribution in [2.75, 3.05) is 14.2 Å². The molecule has 8 heteroatoms. The lowest BCUT2D eigenvalue weighted by Gasteiger charge is -2.11. The van der Waals surface area contributed by atoms with Crippen LogP contribution in [-0.4, -0.2) is 24.2 Å². The van der Waals surface area contributed by atoms with Gasteiger partial charge in [0.2, 0.25) is 5.82 Å². The number of ether oxygens (including phenoxy) is 2. The Kier molecular flexibility index (Phi) is 3.40. The summed E-state index contributed by atoms with van der Waals surface area (Å²) in [6, 6.07) is 2.82. The third-order valence-corrected chi connectivity index (χ3v) is 2.67. The fraction of sp³-hybridized carbons (Fsp3) is 0.273. The summed E-state index contributed by atoms with van der Waals surface area (Å²) >= 11 is 5.78. The van der Waals surface area contributed by atoms with E-state index in [-0.39, 0.29) is 21.8 Å². The second-order valence-corrected chi connectivity index (χ2v) is 3.92. The van der Waals surface area contributed by atoms with Gasteiger partial charge >= 0.3 is 6.18 Å². The summed E-state index contributed by atoms with van der Waals surface area (Å²) < 4.78 is 47.9. The molecule has 0 aliphatic rings. The van der Waals surface area contributed by atoms with E-state index in [1.54, 1.807) is 0 Å². The summed E-state index contributed by atoms with van der Waals surface area (Å²) in [6.45, 7) is 0. The van der Waals surface area contributed by atoms with Gasteiger partial charge in [-0.2, -0.15) is 13.2 Å². The van der Waals surface area contributed by atoms with Crippen LogP contribution in [-0.2, 0) is 6.18 Å². The highest BCUT2D eigenvalue weighted by atomic mass is 35.5. The summed E-state index contributed by atoms with van der Waals surface area (Å²) in [5.74, 6) is -0.749. The lowest BCUT2D eigenvalue weighted by molar-refractivity contribution is -0.144. The van der Waals surface area contributed by atoms with Crippen molar-refractivity contribution in [2.45, 2.75) is 6.18 Å². The van der Waals surface area contributed by atoms with Gasteiger partial charge in [0.05, 0.1) is 25.1 Å². The maximum Gasteiger partial charge on any atom is 0.451 e. The zero-order valence-corrected chi connectivity index (χ0v) is 10.6. The number of methoxy groups -OCH3 is 2. The number of alkyl halides is 3. The van der Waals surface area contributed by atoms with Crippen LogP contribution in [0.25, 0.3) is 10.9 Å². The summed E-state index contributed by atoms with van der Waals surface area (Å²) in [4.78, 5) is 6.69. The Balaban J connectivity index is 2.80. The molecule has 1 aromatic heterocycles. The minimum Gasteiger partial charge on any atom is -0.497 e. The van der Waals surface area contributed by atoms with E-state index >= 15 is 0 Å². The van der Waals surface area contributed by atoms with Crippen LogP contribution in [0.5, 0.6) is 11.5 Å². The average molecular weight is 293 g/mol. The molecule has 0 radical (unpaired) electrons. The van der Waals surface area contributed by atoms with E-state index in [4.69, 9.17) is 21.1 Å². The molecule has 0 fully saturated rings. The number of fused-ring (bicyclic) bond motifs is 1. The number of aromatic nitrogens is 2. The Morgan fingerprint density at radius 2 is 1.79 bits per heavy atom. The molecule has 1 heterocycles. The molecular weight excluding hydrogens is 285 g/mol. The standard InChI is InChI=1S/C11H8ClF3N2O2/c1-18-5-3-6-8(7(4-5)19-2)9(12)17-10(16-6)11(13,14)15/h3-4H,1-2H3. The highest BCUT2D eigenvalue weighted by Crippen LogP contribution is 2.36. The van der Waals surface area contributed by atoms with Crippen molar-refractivity contribution >= 4 is 22.5 Å². The quantitative estimate of drug-likeness (QED) is 0.797. The molecule has 1 aromatic carbocycles. The molecular formula is C11H8ClF3N2O2. The van der Waals surface area contributed by atoms with Crippen molar-refractivity contribution in [3.05, 3.63) is 23.1 Å². The molecule has 0 saturated carbocycles. The molecule has 0 N–H and O–H groups in total. The molecule has 4 nitrogen and oxygen atoms in total. The van der Waals surface area contributed by atoms with Crippen molar-refractivity contribution in [1.29, 1.82) is 0 Å². The van der Waals surface area contributed by atoms with Gasteiger partial charge < -0.3 is 9.47 Å². The lowest BCUT2D eigenvalue weighted by atomic mass is 10.2. The Hall–Kier alpha value is -1.76. The van der Waals surface area contributed by atoms with E-state index in [1.807, 2.05) is 0 Å². The fourth-order valence-electron chi connectivity index (χ4n) is 1.57. The molecule has 0 atom stereocenters. The highest BCUT2D eigenvalue weighted by Gasteiger charge is 2.35. The van der Waals surface area contributed by atoms with Gasteiger partial charge in [-0.05, 0) is 0 Å². The van der Waals surface area contributed by atoms with Crippen LogP contribution in [0.3, 0.4) is 0 Å². The van der Waals surface area contributed by atoms with Gasteiger partial charge in [0, 0.05) is 12.1 Å². The Morgan fingerprint density at radius 1 is 1.11 bits per heavy atom. The first-order valence-electron chi connectivity index (χ1n) is 5.03. The molecule has 0 amide bonds. The second-order valence-electron chi connectivity index (χ2n) is 3.56. The molecule has 0 saturated heterocycles. The Morgan fingerprint density at radius 3 is 2.32 bits per heavy atom. The zero-order valence-electron chi connectivity index (χ0n) is 9.88. The van der Waals surface area contributed by atoms with Gasteiger partial charge in [0.15, 0.2) is 0 Å². The van der Waals surface area contributed by atoms with Crippen LogP contribution in [0.15, 0.2) is 12.1 Å². The number of halogens is 4. The highest BCUT2D eigenvalue weighted by molar-refractivity contribution is 6.34. The predicted molar refractivity (Wildman–Crippen MR) is 62.7 cm³/mol. The van der Waals surface area contributed by atoms with E-state index in [1.165, 1.54) is 26.4 Å². The number of hydrogen-bond donors (Lipinski definition) is 0. The first-order chi connectivity index (χ1) is 8.86. The minimum atomic E-state index is -4.67. The van der Waals surface area contributed by atoms with Crippen LogP contribution < -0.4 is 9.47 Å². The van der Waals surface area contributed by atoms with Gasteiger partial charge in [-0.15, -0.1) is 0 Å². The van der Waals surface area contributed by atoms with Crippen LogP contribution >= 0.6 is 11.6 Å². The first-order valence-corrected chi connectivity index (χ1v) is 5.41. The minimum absolute atomic E-state index is 0.00326. The average Bonchev–Trinajstić information content (AvgIpc) is 2.35. The van der Waals surface area contributed by atoms with Crippen LogP contribution in [0.4, 0.5) is 13.2 Å². The van der Waals surface area contributed by atoms with Crippen LogP contribution in [0.1, 0.15) is 5.82 Å². The SMILES string of the molecule is COc1cc(OC)c2c(Cl)nc(C(F)(F)F)nc2c1. The summed E-state index contributed by atoms with van der Waals surface area (Å²) in [5, 5.41) is -0.116. The van der Waals surface area contributed by atoms with Crippen molar-refractivity contribution in [2.24, 2.45) is 0 Å². The summed E-state index contributed by atoms with van der Waals surface area (Å²) in [7, 11) is 2.75. The molecule has 0 unspecified atom stereocenters. The summed E-state index contributed by atoms with van der Waals surface area (Å²) in [6.07, 6.45) is -4.67. The fourth-order valence-corrected chi connectivity index (χ4v) is 1.84. The molecule has 0 bridgehead atoms. The van der Waals surface area contributed by atoms with Gasteiger partial charge in [0.25, 0.3) is 0 Å². The van der Waals surface area contributed by atoms with Gasteiger partial charge in [0.1, 0.15) is 16.7 Å². The van der Waals surface area contributed by atoms with Crippen LogP contribution in [0, 0.1) is 0 Å². The molecule has 0 spiro atoms. The zero-order chi connectivity index (χ0) is 14.2. The third-order valence-electron chi connectivity index (χ3n) is 2.40. The number of benzene rings is 1. The van der Waals surface area contributed by atoms with Gasteiger partial charge in [-0.3, -0.25) is 0 Å². The molecule has 102 valence electrons. The molecule has 0 aliphatic heterocycles. The van der Waals surface area contributed by atoms with E-state index in [0.717, 1.165) is 0 Å². The topological polar surface area (TPSA) is 44.2 Å². The Labute approximate surface area is 111 Å². The first kappa shape index (κ1) is 13.7. The van der Waals surface area contributed by atoms with Crippen molar-refractivity contribution in [3.8, 4) is 11.5 Å². The van der Waals surface area contributed by atoms with Gasteiger partial charge in [-0.1, -0.05) is 11.6 Å². The van der Waals surface area contributed by atoms with E-state index in [0.29, 0.717) is 5.75 Å². The number of rotatable bonds is 2. The monoisotopic (exact) mass is 292 g/mol. The van der Waals surface area contributed by atoms with Crippen molar-refractivity contribution < 1.29 is 22.6 Å². The number of hydrogen-bond acceptors (Lipinski definition) is 4. The largest absolute Gasteiger partial charge is 0.497 e. The molecule has 0 aliphatic carbocycles. The number of nitrogens with zero attached hydrogens (tertiary/aromatic N) is 2. The lowest BCUT2D eigenvalue weighted by Crippen LogP contribution is -2.11. The molecule has 19 heavy (non-hydrogen) atoms. The van der Waals surface area contributed by atoms with E-state index < -0.39 is 12.0 Å². The molecule has 2 aromatic rings. The third kappa shape index (κ3) is 2.51. The molecule has 2 rings (SSSR count). The van der Waals surface area contributed by atoms with E-state index in [9.17, 15) is 13.2 Å². The Bertz CT molecular complexity index is 631. The van der Waals surface area contributed by atoms with Gasteiger partial charge in [-0.25, -0.2) is 9.97 Å². The second kappa shape index (κ2) is 4.73. The van der Waals surface area contributed by atoms with Crippen molar-refractivity contribution in [3.63, 3.8) is 0 Å². The maximum absolute atomic E-state index is 12.6.